The van der Waals surface area contributed by atoms with Gasteiger partial charge in [-0.15, -0.1) is 11.3 Å². The van der Waals surface area contributed by atoms with E-state index >= 15 is 0 Å². The van der Waals surface area contributed by atoms with Crippen LogP contribution in [0, 0.1) is 5.92 Å². The summed E-state index contributed by atoms with van der Waals surface area (Å²) in [6, 6.07) is 1.71. The van der Waals surface area contributed by atoms with Crippen LogP contribution in [-0.2, 0) is 0 Å². The molecule has 1 atom stereocenters. The fourth-order valence-corrected chi connectivity index (χ4v) is 1.85. The maximum atomic E-state index is 11.7. The maximum Gasteiger partial charge on any atom is 0.261 e. The third-order valence-electron chi connectivity index (χ3n) is 2.39. The minimum atomic E-state index is -0.0931. The van der Waals surface area contributed by atoms with Crippen LogP contribution in [-0.4, -0.2) is 25.6 Å². The van der Waals surface area contributed by atoms with Crippen LogP contribution in [0.5, 0.6) is 5.75 Å². The van der Waals surface area contributed by atoms with Gasteiger partial charge in [0, 0.05) is 24.0 Å². The zero-order valence-corrected chi connectivity index (χ0v) is 10.6. The van der Waals surface area contributed by atoms with Crippen LogP contribution in [0.15, 0.2) is 11.4 Å². The molecule has 1 aromatic heterocycles. The highest BCUT2D eigenvalue weighted by molar-refractivity contribution is 7.12. The van der Waals surface area contributed by atoms with E-state index in [1.807, 2.05) is 13.8 Å². The number of hydrogen-bond donors (Lipinski definition) is 2. The number of nitrogens with two attached hydrogens (primary N) is 1. The molecule has 0 radical (unpaired) electrons. The molecule has 0 spiro atoms. The molecule has 0 aromatic carbocycles. The number of thiophene rings is 1. The quantitative estimate of drug-likeness (QED) is 0.822. The van der Waals surface area contributed by atoms with E-state index < -0.39 is 0 Å². The zero-order chi connectivity index (χ0) is 12.1. The summed E-state index contributed by atoms with van der Waals surface area (Å²) >= 11 is 1.36. The third kappa shape index (κ3) is 3.50. The van der Waals surface area contributed by atoms with Crippen molar-refractivity contribution in [2.24, 2.45) is 11.7 Å². The normalized spacial score (nSPS) is 12.6. The molecule has 0 saturated heterocycles. The van der Waals surface area contributed by atoms with Gasteiger partial charge in [0.1, 0.15) is 5.75 Å². The van der Waals surface area contributed by atoms with Gasteiger partial charge < -0.3 is 15.8 Å². The van der Waals surface area contributed by atoms with Crippen molar-refractivity contribution in [2.45, 2.75) is 19.9 Å². The Hall–Kier alpha value is -1.07. The number of rotatable bonds is 5. The van der Waals surface area contributed by atoms with Gasteiger partial charge in [0.15, 0.2) is 0 Å². The number of methoxy groups -OCH3 is 1. The lowest BCUT2D eigenvalue weighted by Gasteiger charge is -2.15. The number of carbonyl (C=O) groups excluding carboxylic acids is 1. The van der Waals surface area contributed by atoms with Crippen molar-refractivity contribution in [3.63, 3.8) is 0 Å². The summed E-state index contributed by atoms with van der Waals surface area (Å²) in [6.07, 6.45) is 0. The summed E-state index contributed by atoms with van der Waals surface area (Å²) in [6.45, 7) is 4.56. The summed E-state index contributed by atoms with van der Waals surface area (Å²) in [5.41, 5.74) is 5.84. The summed E-state index contributed by atoms with van der Waals surface area (Å²) in [5.74, 6) is 0.978. The van der Waals surface area contributed by atoms with Crippen LogP contribution in [0.25, 0.3) is 0 Å². The van der Waals surface area contributed by atoms with Gasteiger partial charge in [-0.2, -0.15) is 0 Å². The number of nitrogens with one attached hydrogen (secondary N) is 1. The molecule has 4 nitrogen and oxygen atoms in total. The molecule has 0 aliphatic heterocycles. The van der Waals surface area contributed by atoms with Gasteiger partial charge in [0.25, 0.3) is 5.91 Å². The van der Waals surface area contributed by atoms with Crippen LogP contribution in [0.3, 0.4) is 0 Å². The fourth-order valence-electron chi connectivity index (χ4n) is 1.08. The first kappa shape index (κ1) is 13.0. The molecule has 0 fully saturated rings. The molecular formula is C11H18N2O2S. The van der Waals surface area contributed by atoms with Crippen LogP contribution >= 0.6 is 11.3 Å². The van der Waals surface area contributed by atoms with Gasteiger partial charge in [0.05, 0.1) is 12.0 Å². The van der Waals surface area contributed by atoms with Crippen LogP contribution in [0.1, 0.15) is 23.5 Å². The first-order valence-electron chi connectivity index (χ1n) is 5.21. The van der Waals surface area contributed by atoms with Gasteiger partial charge in [-0.3, -0.25) is 4.79 Å². The largest absolute Gasteiger partial charge is 0.496 e. The highest BCUT2D eigenvalue weighted by Gasteiger charge is 2.12. The molecule has 90 valence electrons. The minimum Gasteiger partial charge on any atom is -0.496 e. The number of hydrogen-bond acceptors (Lipinski definition) is 4. The van der Waals surface area contributed by atoms with Crippen molar-refractivity contribution in [1.29, 1.82) is 0 Å². The summed E-state index contributed by atoms with van der Waals surface area (Å²) < 4.78 is 5.01. The van der Waals surface area contributed by atoms with Crippen LogP contribution < -0.4 is 15.8 Å². The molecule has 3 N–H and O–H groups in total. The molecule has 0 bridgehead atoms. The first-order chi connectivity index (χ1) is 7.54. The lowest BCUT2D eigenvalue weighted by atomic mass is 10.1. The molecular weight excluding hydrogens is 224 g/mol. The van der Waals surface area contributed by atoms with Crippen molar-refractivity contribution in [2.75, 3.05) is 13.7 Å². The highest BCUT2D eigenvalue weighted by atomic mass is 32.1. The lowest BCUT2D eigenvalue weighted by molar-refractivity contribution is 0.0953. The Kier molecular flexibility index (Phi) is 4.76. The van der Waals surface area contributed by atoms with Crippen LogP contribution in [0.4, 0.5) is 0 Å². The Morgan fingerprint density at radius 3 is 2.81 bits per heavy atom. The Labute approximate surface area is 99.8 Å². The van der Waals surface area contributed by atoms with Crippen molar-refractivity contribution < 1.29 is 9.53 Å². The van der Waals surface area contributed by atoms with E-state index in [1.165, 1.54) is 11.3 Å². The average molecular weight is 242 g/mol. The minimum absolute atomic E-state index is 0.00851. The second kappa shape index (κ2) is 5.86. The molecule has 0 aliphatic carbocycles. The van der Waals surface area contributed by atoms with Crippen LogP contribution in [0.2, 0.25) is 0 Å². The SMILES string of the molecule is COc1csc(C(=O)NCC(N)C(C)C)c1. The zero-order valence-electron chi connectivity index (χ0n) is 9.82. The standard InChI is InChI=1S/C11H18N2O2S/c1-7(2)9(12)5-13-11(14)10-4-8(15-3)6-16-10/h4,6-7,9H,5,12H2,1-3H3,(H,13,14). The fraction of sp³-hybridized carbons (Fsp3) is 0.545. The molecule has 16 heavy (non-hydrogen) atoms. The van der Waals surface area contributed by atoms with E-state index in [2.05, 4.69) is 5.32 Å². The van der Waals surface area contributed by atoms with Gasteiger partial charge in [-0.05, 0) is 5.92 Å². The predicted molar refractivity (Wildman–Crippen MR) is 66.0 cm³/mol. The van der Waals surface area contributed by atoms with Crippen molar-refractivity contribution in [3.8, 4) is 5.75 Å². The topological polar surface area (TPSA) is 64.3 Å². The summed E-state index contributed by atoms with van der Waals surface area (Å²) in [5, 5.41) is 4.61. The molecule has 1 aromatic rings. The van der Waals surface area contributed by atoms with Gasteiger partial charge in [-0.25, -0.2) is 0 Å². The molecule has 0 saturated carbocycles. The van der Waals surface area contributed by atoms with E-state index in [0.717, 1.165) is 0 Å². The van der Waals surface area contributed by atoms with Crippen molar-refractivity contribution in [1.82, 2.24) is 5.32 Å². The smallest absolute Gasteiger partial charge is 0.261 e. The lowest BCUT2D eigenvalue weighted by Crippen LogP contribution is -2.40. The second-order valence-electron chi connectivity index (χ2n) is 3.97. The van der Waals surface area contributed by atoms with Crippen molar-refractivity contribution in [3.05, 3.63) is 16.3 Å². The van der Waals surface area contributed by atoms with E-state index in [4.69, 9.17) is 10.5 Å². The maximum absolute atomic E-state index is 11.7. The monoisotopic (exact) mass is 242 g/mol. The van der Waals surface area contributed by atoms with E-state index in [1.54, 1.807) is 18.6 Å². The number of carbonyl (C=O) groups is 1. The summed E-state index contributed by atoms with van der Waals surface area (Å²) in [4.78, 5) is 12.3. The Morgan fingerprint density at radius 2 is 2.31 bits per heavy atom. The Bertz CT molecular complexity index is 350. The average Bonchev–Trinajstić information content (AvgIpc) is 2.73. The molecule has 1 unspecified atom stereocenters. The van der Waals surface area contributed by atoms with E-state index in [9.17, 15) is 4.79 Å². The van der Waals surface area contributed by atoms with Gasteiger partial charge in [0.2, 0.25) is 0 Å². The van der Waals surface area contributed by atoms with Gasteiger partial charge >= 0.3 is 0 Å². The number of amides is 1. The first-order valence-corrected chi connectivity index (χ1v) is 6.09. The molecule has 1 amide bonds. The highest BCUT2D eigenvalue weighted by Crippen LogP contribution is 2.20. The van der Waals surface area contributed by atoms with Crippen molar-refractivity contribution >= 4 is 17.2 Å². The third-order valence-corrected chi connectivity index (χ3v) is 3.30. The number of ether oxygens (including phenoxy) is 1. The van der Waals surface area contributed by atoms with Gasteiger partial charge in [-0.1, -0.05) is 13.8 Å². The van der Waals surface area contributed by atoms with E-state index in [-0.39, 0.29) is 11.9 Å². The molecule has 0 aliphatic rings. The molecule has 1 rings (SSSR count). The predicted octanol–water partition coefficient (Wildman–Crippen LogP) is 1.47. The Morgan fingerprint density at radius 1 is 1.62 bits per heavy atom. The second-order valence-corrected chi connectivity index (χ2v) is 4.88. The summed E-state index contributed by atoms with van der Waals surface area (Å²) in [7, 11) is 1.58. The Balaban J connectivity index is 2.46. The molecule has 1 heterocycles. The molecule has 5 heteroatoms. The van der Waals surface area contributed by atoms with E-state index in [0.29, 0.717) is 23.1 Å².